The van der Waals surface area contributed by atoms with E-state index in [0.29, 0.717) is 11.8 Å². The van der Waals surface area contributed by atoms with E-state index in [1.54, 1.807) is 0 Å². The molecule has 6 heteroatoms. The Morgan fingerprint density at radius 2 is 1.54 bits per heavy atom. The third-order valence-electron chi connectivity index (χ3n) is 6.09. The van der Waals surface area contributed by atoms with Gasteiger partial charge in [-0.3, -0.25) is 14.5 Å². The molecule has 3 nitrogen and oxygen atoms in total. The lowest BCUT2D eigenvalue weighted by molar-refractivity contribution is -0.137. The van der Waals surface area contributed by atoms with E-state index < -0.39 is 23.6 Å². The Kier molecular flexibility index (Phi) is 2.55. The van der Waals surface area contributed by atoms with Crippen molar-refractivity contribution in [1.82, 2.24) is 0 Å². The SMILES string of the molecule is O=C1[C@@H]2[C@H]3C=C[C@H]([C@@H]4C[C@H]34)[C@@H]2C(=O)N1c1cccc(C(F)(F)F)c1. The number of rotatable bonds is 1. The molecule has 0 aromatic heterocycles. The number of carbonyl (C=O) groups is 2. The summed E-state index contributed by atoms with van der Waals surface area (Å²) >= 11 is 0. The number of halogens is 3. The molecule has 4 aliphatic carbocycles. The number of benzene rings is 1. The Hall–Kier alpha value is -2.11. The highest BCUT2D eigenvalue weighted by Gasteiger charge is 2.67. The molecule has 0 N–H and O–H groups in total. The minimum absolute atomic E-state index is 0.0299. The van der Waals surface area contributed by atoms with Gasteiger partial charge in [0.25, 0.3) is 0 Å². The summed E-state index contributed by atoms with van der Waals surface area (Å²) in [6, 6.07) is 4.48. The average molecular weight is 333 g/mol. The van der Waals surface area contributed by atoms with Crippen LogP contribution in [0.5, 0.6) is 0 Å². The molecule has 1 aromatic carbocycles. The van der Waals surface area contributed by atoms with Crippen LogP contribution in [0.2, 0.25) is 0 Å². The van der Waals surface area contributed by atoms with Gasteiger partial charge in [-0.1, -0.05) is 18.2 Å². The van der Waals surface area contributed by atoms with Gasteiger partial charge in [0.05, 0.1) is 23.1 Å². The van der Waals surface area contributed by atoms with Crippen LogP contribution in [-0.2, 0) is 15.8 Å². The number of carbonyl (C=O) groups excluding carboxylic acids is 2. The number of amides is 2. The summed E-state index contributed by atoms with van der Waals surface area (Å²) in [6.45, 7) is 0. The van der Waals surface area contributed by atoms with Crippen LogP contribution in [0.15, 0.2) is 36.4 Å². The van der Waals surface area contributed by atoms with Gasteiger partial charge in [0, 0.05) is 0 Å². The first-order chi connectivity index (χ1) is 11.4. The van der Waals surface area contributed by atoms with Gasteiger partial charge in [0.2, 0.25) is 11.8 Å². The van der Waals surface area contributed by atoms with Crippen LogP contribution in [0.1, 0.15) is 12.0 Å². The van der Waals surface area contributed by atoms with E-state index in [2.05, 4.69) is 0 Å². The second-order valence-electron chi connectivity index (χ2n) is 7.21. The van der Waals surface area contributed by atoms with Gasteiger partial charge >= 0.3 is 6.18 Å². The Morgan fingerprint density at radius 1 is 0.958 bits per heavy atom. The molecule has 5 aliphatic rings. The summed E-state index contributed by atoms with van der Waals surface area (Å²) in [7, 11) is 0. The summed E-state index contributed by atoms with van der Waals surface area (Å²) in [5.41, 5.74) is -0.818. The molecule has 2 bridgehead atoms. The molecule has 0 spiro atoms. The summed E-state index contributed by atoms with van der Waals surface area (Å²) in [6.07, 6.45) is 0.637. The van der Waals surface area contributed by atoms with Crippen molar-refractivity contribution in [1.29, 1.82) is 0 Å². The quantitative estimate of drug-likeness (QED) is 0.584. The molecule has 3 fully saturated rings. The second kappa shape index (κ2) is 4.29. The van der Waals surface area contributed by atoms with E-state index in [1.165, 1.54) is 12.1 Å². The smallest absolute Gasteiger partial charge is 0.274 e. The molecule has 24 heavy (non-hydrogen) atoms. The van der Waals surface area contributed by atoms with Crippen LogP contribution in [0, 0.1) is 35.5 Å². The van der Waals surface area contributed by atoms with Crippen molar-refractivity contribution in [2.45, 2.75) is 12.6 Å². The van der Waals surface area contributed by atoms with Crippen LogP contribution in [0.3, 0.4) is 0 Å². The molecule has 2 saturated carbocycles. The zero-order valence-electron chi connectivity index (χ0n) is 12.5. The monoisotopic (exact) mass is 333 g/mol. The van der Waals surface area contributed by atoms with Crippen molar-refractivity contribution in [3.63, 3.8) is 0 Å². The van der Waals surface area contributed by atoms with Crippen molar-refractivity contribution >= 4 is 17.5 Å². The third kappa shape index (κ3) is 1.69. The van der Waals surface area contributed by atoms with E-state index in [1.807, 2.05) is 12.2 Å². The lowest BCUT2D eigenvalue weighted by Crippen LogP contribution is -2.40. The lowest BCUT2D eigenvalue weighted by atomic mass is 9.63. The van der Waals surface area contributed by atoms with E-state index in [-0.39, 0.29) is 29.3 Å². The highest BCUT2D eigenvalue weighted by atomic mass is 19.4. The Balaban J connectivity index is 1.55. The molecule has 0 radical (unpaired) electrons. The van der Waals surface area contributed by atoms with Gasteiger partial charge < -0.3 is 0 Å². The van der Waals surface area contributed by atoms with E-state index in [9.17, 15) is 22.8 Å². The number of allylic oxidation sites excluding steroid dienone is 2. The number of hydrogen-bond acceptors (Lipinski definition) is 2. The fourth-order valence-electron chi connectivity index (χ4n) is 5.03. The highest BCUT2D eigenvalue weighted by molar-refractivity contribution is 6.22. The molecule has 1 saturated heterocycles. The number of hydrogen-bond donors (Lipinski definition) is 0. The van der Waals surface area contributed by atoms with Crippen LogP contribution < -0.4 is 4.90 Å². The molecule has 1 heterocycles. The van der Waals surface area contributed by atoms with E-state index >= 15 is 0 Å². The highest BCUT2D eigenvalue weighted by Crippen LogP contribution is 2.65. The minimum atomic E-state index is -4.50. The minimum Gasteiger partial charge on any atom is -0.274 e. The topological polar surface area (TPSA) is 37.4 Å². The van der Waals surface area contributed by atoms with Gasteiger partial charge in [-0.05, 0) is 48.3 Å². The van der Waals surface area contributed by atoms with Crippen LogP contribution in [0.4, 0.5) is 18.9 Å². The molecule has 6 rings (SSSR count). The Bertz CT molecular complexity index is 764. The lowest BCUT2D eigenvalue weighted by Gasteiger charge is -2.37. The van der Waals surface area contributed by atoms with Crippen LogP contribution in [0.25, 0.3) is 0 Å². The fourth-order valence-corrected chi connectivity index (χ4v) is 5.03. The van der Waals surface area contributed by atoms with Crippen molar-refractivity contribution in [2.24, 2.45) is 35.5 Å². The van der Waals surface area contributed by atoms with Crippen LogP contribution in [-0.4, -0.2) is 11.8 Å². The summed E-state index contributed by atoms with van der Waals surface area (Å²) in [4.78, 5) is 26.7. The maximum absolute atomic E-state index is 12.9. The molecule has 1 aliphatic heterocycles. The zero-order chi connectivity index (χ0) is 16.8. The fraction of sp³-hybridized carbons (Fsp3) is 0.444. The zero-order valence-corrected chi connectivity index (χ0v) is 12.5. The second-order valence-corrected chi connectivity index (χ2v) is 7.21. The van der Waals surface area contributed by atoms with Crippen molar-refractivity contribution < 1.29 is 22.8 Å². The maximum atomic E-state index is 12.9. The van der Waals surface area contributed by atoms with Gasteiger partial charge in [-0.25, -0.2) is 0 Å². The third-order valence-corrected chi connectivity index (χ3v) is 6.09. The van der Waals surface area contributed by atoms with Crippen LogP contribution >= 0.6 is 0 Å². The molecule has 124 valence electrons. The average Bonchev–Trinajstić information content (AvgIpc) is 3.31. The number of imide groups is 1. The standard InChI is InChI=1S/C18H14F3NO2/c19-18(20,21)8-2-1-3-9(6-8)22-16(23)14-10-4-5-11(13-7-12(10)13)15(14)17(22)24/h1-6,10-15H,7H2/t10-,11+,12+,13-,14+,15-. The molecule has 6 atom stereocenters. The Morgan fingerprint density at radius 3 is 2.08 bits per heavy atom. The maximum Gasteiger partial charge on any atom is 0.416 e. The molecule has 1 aromatic rings. The van der Waals surface area contributed by atoms with Crippen molar-refractivity contribution in [3.05, 3.63) is 42.0 Å². The van der Waals surface area contributed by atoms with E-state index in [4.69, 9.17) is 0 Å². The van der Waals surface area contributed by atoms with E-state index in [0.717, 1.165) is 23.5 Å². The van der Waals surface area contributed by atoms with Gasteiger partial charge in [0.15, 0.2) is 0 Å². The first-order valence-electron chi connectivity index (χ1n) is 8.11. The Labute approximate surface area is 136 Å². The van der Waals surface area contributed by atoms with Crippen molar-refractivity contribution in [2.75, 3.05) is 4.90 Å². The normalized spacial score (nSPS) is 39.2. The molecule has 2 amide bonds. The van der Waals surface area contributed by atoms with Gasteiger partial charge in [-0.15, -0.1) is 0 Å². The summed E-state index contributed by atoms with van der Waals surface area (Å²) in [5.74, 6) is -0.395. The molecular weight excluding hydrogens is 319 g/mol. The largest absolute Gasteiger partial charge is 0.416 e. The predicted octanol–water partition coefficient (Wildman–Crippen LogP) is 3.26. The first-order valence-corrected chi connectivity index (χ1v) is 8.11. The number of nitrogens with zero attached hydrogens (tertiary/aromatic N) is 1. The first kappa shape index (κ1) is 14.3. The number of alkyl halides is 3. The van der Waals surface area contributed by atoms with Gasteiger partial charge in [0.1, 0.15) is 0 Å². The predicted molar refractivity (Wildman–Crippen MR) is 78.6 cm³/mol. The van der Waals surface area contributed by atoms with Gasteiger partial charge in [-0.2, -0.15) is 13.2 Å². The summed E-state index contributed by atoms with van der Waals surface area (Å²) in [5, 5.41) is 0. The van der Waals surface area contributed by atoms with Crippen molar-refractivity contribution in [3.8, 4) is 0 Å². The summed E-state index contributed by atoms with van der Waals surface area (Å²) < 4.78 is 38.8. The number of anilines is 1. The molecular formula is C18H14F3NO2. The molecule has 0 unspecified atom stereocenters.